The van der Waals surface area contributed by atoms with Gasteiger partial charge in [0.25, 0.3) is 5.91 Å². The van der Waals surface area contributed by atoms with Gasteiger partial charge in [0.15, 0.2) is 0 Å². The van der Waals surface area contributed by atoms with Gasteiger partial charge in [0.2, 0.25) is 15.9 Å². The maximum absolute atomic E-state index is 12.7. The van der Waals surface area contributed by atoms with Crippen molar-refractivity contribution in [2.75, 3.05) is 27.2 Å². The minimum atomic E-state index is -3.90. The summed E-state index contributed by atoms with van der Waals surface area (Å²) in [5.74, 6) is -0.616. The van der Waals surface area contributed by atoms with Gasteiger partial charge in [0, 0.05) is 24.7 Å². The third kappa shape index (κ3) is 5.70. The Hall–Kier alpha value is -2.13. The highest BCUT2D eigenvalue weighted by Crippen LogP contribution is 2.26. The fourth-order valence-corrected chi connectivity index (χ4v) is 3.85. The molecule has 0 saturated carbocycles. The first-order chi connectivity index (χ1) is 11.9. The van der Waals surface area contributed by atoms with Crippen LogP contribution in [-0.2, 0) is 14.8 Å². The van der Waals surface area contributed by atoms with E-state index in [4.69, 9.17) is 4.74 Å². The molecule has 0 bridgehead atoms. The van der Waals surface area contributed by atoms with Crippen LogP contribution in [0.3, 0.4) is 0 Å². The molecule has 1 aromatic rings. The Balaban J connectivity index is 3.32. The molecule has 2 N–H and O–H groups in total. The van der Waals surface area contributed by atoms with Gasteiger partial charge in [-0.15, -0.1) is 0 Å². The largest absolute Gasteiger partial charge is 0.495 e. The van der Waals surface area contributed by atoms with Crippen molar-refractivity contribution in [3.8, 4) is 5.75 Å². The van der Waals surface area contributed by atoms with Crippen LogP contribution >= 0.6 is 0 Å². The topological polar surface area (TPSA) is 105 Å². The highest BCUT2D eigenvalue weighted by atomic mass is 32.2. The van der Waals surface area contributed by atoms with Crippen LogP contribution in [0.25, 0.3) is 0 Å². The lowest BCUT2D eigenvalue weighted by Crippen LogP contribution is -2.41. The first kappa shape index (κ1) is 21.9. The number of ether oxygens (including phenoxy) is 1. The summed E-state index contributed by atoms with van der Waals surface area (Å²) < 4.78 is 33.1. The van der Waals surface area contributed by atoms with Gasteiger partial charge in [-0.25, -0.2) is 13.1 Å². The second-order valence-corrected chi connectivity index (χ2v) is 8.36. The molecule has 0 aromatic heterocycles. The van der Waals surface area contributed by atoms with E-state index in [1.54, 1.807) is 27.7 Å². The monoisotopic (exact) mass is 385 g/mol. The number of hydrogen-bond donors (Lipinski definition) is 2. The first-order valence-corrected chi connectivity index (χ1v) is 9.65. The lowest BCUT2D eigenvalue weighted by atomic mass is 10.1. The highest BCUT2D eigenvalue weighted by molar-refractivity contribution is 7.89. The molecule has 0 aliphatic heterocycles. The molecule has 146 valence electrons. The molecule has 9 heteroatoms. The Kier molecular flexibility index (Phi) is 7.16. The Morgan fingerprint density at radius 3 is 2.31 bits per heavy atom. The van der Waals surface area contributed by atoms with Crippen molar-refractivity contribution in [1.82, 2.24) is 14.9 Å². The number of amides is 2. The van der Waals surface area contributed by atoms with Crippen molar-refractivity contribution in [3.05, 3.63) is 23.8 Å². The lowest BCUT2D eigenvalue weighted by Gasteiger charge is -2.23. The quantitative estimate of drug-likeness (QED) is 0.728. The van der Waals surface area contributed by atoms with E-state index in [1.165, 1.54) is 37.3 Å². The van der Waals surface area contributed by atoms with Gasteiger partial charge >= 0.3 is 0 Å². The van der Waals surface area contributed by atoms with Crippen molar-refractivity contribution >= 4 is 21.8 Å². The molecule has 1 aromatic carbocycles. The van der Waals surface area contributed by atoms with Crippen molar-refractivity contribution in [2.24, 2.45) is 0 Å². The molecule has 0 aliphatic carbocycles. The molecule has 26 heavy (non-hydrogen) atoms. The molecule has 0 aliphatic rings. The van der Waals surface area contributed by atoms with Gasteiger partial charge in [-0.05, 0) is 45.9 Å². The van der Waals surface area contributed by atoms with Gasteiger partial charge in [-0.1, -0.05) is 0 Å². The average molecular weight is 385 g/mol. The van der Waals surface area contributed by atoms with E-state index < -0.39 is 21.5 Å². The zero-order chi connectivity index (χ0) is 20.1. The summed E-state index contributed by atoms with van der Waals surface area (Å²) >= 11 is 0. The number of likely N-dealkylation sites (N-methyl/N-ethyl adjacent to an activating group) is 2. The van der Waals surface area contributed by atoms with Crippen molar-refractivity contribution in [3.63, 3.8) is 0 Å². The first-order valence-electron chi connectivity index (χ1n) is 8.17. The van der Waals surface area contributed by atoms with E-state index in [0.29, 0.717) is 6.54 Å². The predicted octanol–water partition coefficient (Wildman–Crippen LogP) is 0.980. The number of carbonyl (C=O) groups is 2. The number of hydrogen-bond acceptors (Lipinski definition) is 5. The van der Waals surface area contributed by atoms with Crippen LogP contribution < -0.4 is 14.8 Å². The molecule has 0 unspecified atom stereocenters. The summed E-state index contributed by atoms with van der Waals surface area (Å²) in [6.07, 6.45) is 0. The van der Waals surface area contributed by atoms with Gasteiger partial charge in [-0.2, -0.15) is 0 Å². The highest BCUT2D eigenvalue weighted by Gasteiger charge is 2.27. The smallest absolute Gasteiger partial charge is 0.254 e. The number of benzene rings is 1. The molecule has 0 fully saturated rings. The maximum atomic E-state index is 12.7. The van der Waals surface area contributed by atoms with E-state index in [1.807, 2.05) is 0 Å². The molecule has 0 spiro atoms. The second kappa shape index (κ2) is 8.50. The summed E-state index contributed by atoms with van der Waals surface area (Å²) in [5, 5.41) is 2.46. The molecule has 8 nitrogen and oxygen atoms in total. The molecule has 0 heterocycles. The second-order valence-electron chi connectivity index (χ2n) is 6.71. The average Bonchev–Trinajstić information content (AvgIpc) is 2.56. The Morgan fingerprint density at radius 1 is 1.23 bits per heavy atom. The summed E-state index contributed by atoms with van der Waals surface area (Å²) in [7, 11) is -1.06. The number of nitrogens with one attached hydrogen (secondary N) is 2. The summed E-state index contributed by atoms with van der Waals surface area (Å²) in [6, 6.07) is 4.17. The van der Waals surface area contributed by atoms with Gasteiger partial charge < -0.3 is 15.0 Å². The van der Waals surface area contributed by atoms with Crippen LogP contribution in [0.2, 0.25) is 0 Å². The van der Waals surface area contributed by atoms with Crippen LogP contribution in [-0.4, -0.2) is 57.9 Å². The molecular weight excluding hydrogens is 358 g/mol. The number of carbonyl (C=O) groups excluding carboxylic acids is 2. The Labute approximate surface area is 155 Å². The van der Waals surface area contributed by atoms with Crippen LogP contribution in [0, 0.1) is 0 Å². The zero-order valence-corrected chi connectivity index (χ0v) is 16.9. The molecule has 0 atom stereocenters. The van der Waals surface area contributed by atoms with Crippen molar-refractivity contribution < 1.29 is 22.7 Å². The van der Waals surface area contributed by atoms with E-state index in [2.05, 4.69) is 10.0 Å². The minimum absolute atomic E-state index is 0.111. The van der Waals surface area contributed by atoms with E-state index in [-0.39, 0.29) is 28.7 Å². The number of methoxy groups -OCH3 is 1. The standard InChI is InChI=1S/C17H27N3O5S/c1-7-20(11-15(21)18-5)16(22)12-8-9-13(25-6)14(10-12)26(23,24)19-17(2,3)4/h8-10,19H,7,11H2,1-6H3,(H,18,21). The number of rotatable bonds is 7. The van der Waals surface area contributed by atoms with Gasteiger partial charge in [-0.3, -0.25) is 9.59 Å². The summed E-state index contributed by atoms with van der Waals surface area (Å²) in [5.41, 5.74) is -0.538. The molecule has 0 radical (unpaired) electrons. The molecule has 1 rings (SSSR count). The summed E-state index contributed by atoms with van der Waals surface area (Å²) in [6.45, 7) is 7.08. The molecule has 0 saturated heterocycles. The number of sulfonamides is 1. The summed E-state index contributed by atoms with van der Waals surface area (Å²) in [4.78, 5) is 25.5. The van der Waals surface area contributed by atoms with Gasteiger partial charge in [0.1, 0.15) is 10.6 Å². The fourth-order valence-electron chi connectivity index (χ4n) is 2.24. The molecular formula is C17H27N3O5S. The third-order valence-electron chi connectivity index (χ3n) is 3.42. The van der Waals surface area contributed by atoms with E-state index in [0.717, 1.165) is 0 Å². The minimum Gasteiger partial charge on any atom is -0.495 e. The predicted molar refractivity (Wildman–Crippen MR) is 98.7 cm³/mol. The fraction of sp³-hybridized carbons (Fsp3) is 0.529. The lowest BCUT2D eigenvalue weighted by molar-refractivity contribution is -0.121. The van der Waals surface area contributed by atoms with E-state index >= 15 is 0 Å². The number of nitrogens with zero attached hydrogens (tertiary/aromatic N) is 1. The SMILES string of the molecule is CCN(CC(=O)NC)C(=O)c1ccc(OC)c(S(=O)(=O)NC(C)(C)C)c1. The Morgan fingerprint density at radius 2 is 1.85 bits per heavy atom. The van der Waals surface area contributed by atoms with Crippen LogP contribution in [0.15, 0.2) is 23.1 Å². The van der Waals surface area contributed by atoms with E-state index in [9.17, 15) is 18.0 Å². The zero-order valence-electron chi connectivity index (χ0n) is 16.0. The van der Waals surface area contributed by atoms with Crippen LogP contribution in [0.4, 0.5) is 0 Å². The molecule has 2 amide bonds. The third-order valence-corrected chi connectivity index (χ3v) is 5.20. The van der Waals surface area contributed by atoms with Crippen molar-refractivity contribution in [1.29, 1.82) is 0 Å². The van der Waals surface area contributed by atoms with Crippen molar-refractivity contribution in [2.45, 2.75) is 38.1 Å². The van der Waals surface area contributed by atoms with Crippen LogP contribution in [0.5, 0.6) is 5.75 Å². The van der Waals surface area contributed by atoms with Gasteiger partial charge in [0.05, 0.1) is 13.7 Å². The van der Waals surface area contributed by atoms with Crippen LogP contribution in [0.1, 0.15) is 38.1 Å². The normalized spacial score (nSPS) is 11.8. The Bertz CT molecular complexity index is 769. The maximum Gasteiger partial charge on any atom is 0.254 e.